The Kier molecular flexibility index (Phi) is 6.19. The van der Waals surface area contributed by atoms with Crippen molar-refractivity contribution in [1.29, 1.82) is 0 Å². The van der Waals surface area contributed by atoms with E-state index < -0.39 is 0 Å². The minimum atomic E-state index is 0.789. The largest absolute Gasteiger partial charge is 0.387 e. The van der Waals surface area contributed by atoms with E-state index in [0.29, 0.717) is 0 Å². The van der Waals surface area contributed by atoms with Crippen molar-refractivity contribution < 1.29 is 0 Å². The summed E-state index contributed by atoms with van der Waals surface area (Å²) < 4.78 is 0. The Hall–Kier alpha value is -1.58. The normalized spacial score (nSPS) is 30.9. The van der Waals surface area contributed by atoms with Gasteiger partial charge in [-0.3, -0.25) is 9.98 Å². The lowest BCUT2D eigenvalue weighted by Crippen LogP contribution is -2.19. The first kappa shape index (κ1) is 14.5. The molecular formula is C14H24N4. The molecule has 100 valence electrons. The molecule has 4 nitrogen and oxygen atoms in total. The van der Waals surface area contributed by atoms with Crippen LogP contribution in [0, 0.1) is 0 Å². The summed E-state index contributed by atoms with van der Waals surface area (Å²) in [5.74, 6) is 0. The van der Waals surface area contributed by atoms with Crippen molar-refractivity contribution in [1.82, 2.24) is 10.6 Å². The van der Waals surface area contributed by atoms with Crippen molar-refractivity contribution in [3.8, 4) is 0 Å². The maximum absolute atomic E-state index is 4.50. The molecule has 0 saturated carbocycles. The first-order valence-electron chi connectivity index (χ1n) is 6.44. The summed E-state index contributed by atoms with van der Waals surface area (Å²) in [6, 6.07) is 0. The quantitative estimate of drug-likeness (QED) is 0.688. The number of hydrogen-bond donors (Lipinski definition) is 2. The van der Waals surface area contributed by atoms with E-state index in [1.807, 2.05) is 13.8 Å². The van der Waals surface area contributed by atoms with E-state index in [4.69, 9.17) is 0 Å². The zero-order chi connectivity index (χ0) is 13.4. The Labute approximate surface area is 110 Å². The van der Waals surface area contributed by atoms with E-state index in [-0.39, 0.29) is 0 Å². The molecule has 4 heteroatoms. The van der Waals surface area contributed by atoms with E-state index in [1.54, 1.807) is 0 Å². The van der Waals surface area contributed by atoms with Crippen LogP contribution in [0.2, 0.25) is 0 Å². The lowest BCUT2D eigenvalue weighted by Gasteiger charge is -2.08. The molecule has 0 aromatic carbocycles. The number of hydrogen-bond acceptors (Lipinski definition) is 4. The molecule has 0 aromatic heterocycles. The summed E-state index contributed by atoms with van der Waals surface area (Å²) in [5, 5.41) is 6.67. The van der Waals surface area contributed by atoms with E-state index in [0.717, 1.165) is 49.0 Å². The van der Waals surface area contributed by atoms with Crippen LogP contribution in [0.4, 0.5) is 0 Å². The molecule has 2 N–H and O–H groups in total. The number of nitrogens with one attached hydrogen (secondary N) is 2. The van der Waals surface area contributed by atoms with Gasteiger partial charge in [-0.2, -0.15) is 0 Å². The molecular weight excluding hydrogens is 224 g/mol. The number of nitrogens with zero attached hydrogens (tertiary/aromatic N) is 2. The van der Waals surface area contributed by atoms with Crippen LogP contribution in [-0.4, -0.2) is 37.6 Å². The van der Waals surface area contributed by atoms with Crippen LogP contribution < -0.4 is 10.6 Å². The van der Waals surface area contributed by atoms with E-state index in [2.05, 4.69) is 46.6 Å². The number of allylic oxidation sites excluding steroid dienone is 4. The van der Waals surface area contributed by atoms with Gasteiger partial charge in [-0.05, 0) is 39.8 Å². The topological polar surface area (TPSA) is 48.8 Å². The molecule has 0 bridgehead atoms. The molecule has 0 saturated heterocycles. The van der Waals surface area contributed by atoms with Gasteiger partial charge in [0.25, 0.3) is 0 Å². The van der Waals surface area contributed by atoms with Gasteiger partial charge in [0, 0.05) is 35.9 Å². The van der Waals surface area contributed by atoms with Gasteiger partial charge in [-0.25, -0.2) is 0 Å². The van der Waals surface area contributed by atoms with Gasteiger partial charge in [0.2, 0.25) is 0 Å². The summed E-state index contributed by atoms with van der Waals surface area (Å²) in [5.41, 5.74) is 4.39. The third kappa shape index (κ3) is 6.23. The predicted octanol–water partition coefficient (Wildman–Crippen LogP) is 1.91. The summed E-state index contributed by atoms with van der Waals surface area (Å²) in [7, 11) is 0. The minimum absolute atomic E-state index is 0.789. The second-order valence-corrected chi connectivity index (χ2v) is 4.55. The van der Waals surface area contributed by atoms with Gasteiger partial charge < -0.3 is 10.6 Å². The van der Waals surface area contributed by atoms with Crippen LogP contribution in [0.5, 0.6) is 0 Å². The summed E-state index contributed by atoms with van der Waals surface area (Å²) >= 11 is 0. The fraction of sp³-hybridized carbons (Fsp3) is 0.571. The SMILES string of the molecule is C/C1=C/C(C)=N/CCN/C(C)=C\C(C)=N\CCN1. The zero-order valence-electron chi connectivity index (χ0n) is 11.9. The van der Waals surface area contributed by atoms with Crippen molar-refractivity contribution >= 4 is 11.4 Å². The van der Waals surface area contributed by atoms with Gasteiger partial charge in [-0.15, -0.1) is 0 Å². The molecule has 1 rings (SSSR count). The van der Waals surface area contributed by atoms with E-state index >= 15 is 0 Å². The smallest absolute Gasteiger partial charge is 0.0565 e. The van der Waals surface area contributed by atoms with Gasteiger partial charge in [0.1, 0.15) is 0 Å². The first-order valence-corrected chi connectivity index (χ1v) is 6.44. The Morgan fingerprint density at radius 1 is 0.778 bits per heavy atom. The highest BCUT2D eigenvalue weighted by Crippen LogP contribution is 1.93. The highest BCUT2D eigenvalue weighted by Gasteiger charge is 1.94. The third-order valence-electron chi connectivity index (χ3n) is 2.60. The minimum Gasteiger partial charge on any atom is -0.387 e. The Bertz CT molecular complexity index is 351. The maximum Gasteiger partial charge on any atom is 0.0565 e. The van der Waals surface area contributed by atoms with Gasteiger partial charge in [0.15, 0.2) is 0 Å². The Balaban J connectivity index is 2.72. The lowest BCUT2D eigenvalue weighted by atomic mass is 10.3. The standard InChI is InChI=1S/C14H24N4/c1-11-9-12(2)16-7-8-18-14(4)10-13(3)17-6-5-15-11/h9-10,15,18H,5-8H2,1-4H3/b11-9-,14-10-,16-12+,17-13+. The molecule has 1 aliphatic heterocycles. The zero-order valence-corrected chi connectivity index (χ0v) is 11.9. The Morgan fingerprint density at radius 2 is 1.17 bits per heavy atom. The summed E-state index contributed by atoms with van der Waals surface area (Å²) in [6.07, 6.45) is 4.15. The van der Waals surface area contributed by atoms with Crippen LogP contribution in [-0.2, 0) is 0 Å². The molecule has 0 amide bonds. The molecule has 0 spiro atoms. The van der Waals surface area contributed by atoms with Crippen molar-refractivity contribution in [3.63, 3.8) is 0 Å². The van der Waals surface area contributed by atoms with E-state index in [9.17, 15) is 0 Å². The van der Waals surface area contributed by atoms with Crippen molar-refractivity contribution in [3.05, 3.63) is 23.5 Å². The second-order valence-electron chi connectivity index (χ2n) is 4.55. The lowest BCUT2D eigenvalue weighted by molar-refractivity contribution is 0.790. The van der Waals surface area contributed by atoms with Gasteiger partial charge in [0.05, 0.1) is 13.1 Å². The Morgan fingerprint density at radius 3 is 1.56 bits per heavy atom. The molecule has 1 heterocycles. The molecule has 0 aromatic rings. The number of aliphatic imine (C=N–C) groups is 2. The highest BCUT2D eigenvalue weighted by atomic mass is 14.9. The van der Waals surface area contributed by atoms with Crippen LogP contribution >= 0.6 is 0 Å². The third-order valence-corrected chi connectivity index (χ3v) is 2.60. The molecule has 0 aliphatic carbocycles. The second kappa shape index (κ2) is 7.69. The van der Waals surface area contributed by atoms with Crippen LogP contribution in [0.15, 0.2) is 33.5 Å². The first-order chi connectivity index (χ1) is 8.58. The maximum atomic E-state index is 4.50. The predicted molar refractivity (Wildman–Crippen MR) is 79.5 cm³/mol. The fourth-order valence-electron chi connectivity index (χ4n) is 1.79. The average Bonchev–Trinajstić information content (AvgIpc) is 2.29. The van der Waals surface area contributed by atoms with E-state index in [1.165, 1.54) is 0 Å². The average molecular weight is 248 g/mol. The molecule has 0 atom stereocenters. The van der Waals surface area contributed by atoms with Crippen LogP contribution in [0.1, 0.15) is 27.7 Å². The van der Waals surface area contributed by atoms with Crippen molar-refractivity contribution in [2.24, 2.45) is 9.98 Å². The molecule has 0 radical (unpaired) electrons. The van der Waals surface area contributed by atoms with Crippen LogP contribution in [0.3, 0.4) is 0 Å². The molecule has 0 unspecified atom stereocenters. The van der Waals surface area contributed by atoms with Gasteiger partial charge in [-0.1, -0.05) is 0 Å². The van der Waals surface area contributed by atoms with Gasteiger partial charge >= 0.3 is 0 Å². The highest BCUT2D eigenvalue weighted by molar-refractivity contribution is 5.93. The molecule has 1 aliphatic rings. The number of rotatable bonds is 0. The summed E-state index contributed by atoms with van der Waals surface area (Å²) in [4.78, 5) is 8.99. The molecule has 0 fully saturated rings. The summed E-state index contributed by atoms with van der Waals surface area (Å²) in [6.45, 7) is 11.5. The monoisotopic (exact) mass is 248 g/mol. The fourth-order valence-corrected chi connectivity index (χ4v) is 1.79. The van der Waals surface area contributed by atoms with Crippen molar-refractivity contribution in [2.45, 2.75) is 27.7 Å². The molecule has 18 heavy (non-hydrogen) atoms. The van der Waals surface area contributed by atoms with Crippen molar-refractivity contribution in [2.75, 3.05) is 26.2 Å². The van der Waals surface area contributed by atoms with Crippen LogP contribution in [0.25, 0.3) is 0 Å².